The summed E-state index contributed by atoms with van der Waals surface area (Å²) < 4.78 is 5.66. The van der Waals surface area contributed by atoms with Crippen molar-refractivity contribution in [2.45, 2.75) is 13.5 Å². The second-order valence-corrected chi connectivity index (χ2v) is 5.43. The summed E-state index contributed by atoms with van der Waals surface area (Å²) in [6.45, 7) is 2.07. The van der Waals surface area contributed by atoms with Crippen molar-refractivity contribution in [1.82, 2.24) is 4.98 Å². The van der Waals surface area contributed by atoms with E-state index in [1.807, 2.05) is 54.1 Å². The van der Waals surface area contributed by atoms with Crippen molar-refractivity contribution in [2.75, 3.05) is 0 Å². The molecule has 22 heavy (non-hydrogen) atoms. The summed E-state index contributed by atoms with van der Waals surface area (Å²) in [7, 11) is 0. The third-order valence-corrected chi connectivity index (χ3v) is 3.78. The van der Waals surface area contributed by atoms with Gasteiger partial charge in [0.15, 0.2) is 12.4 Å². The molecule has 6 heteroatoms. The molecular formula is C16H15N3O2S. The zero-order valence-electron chi connectivity index (χ0n) is 12.0. The molecule has 0 unspecified atom stereocenters. The Bertz CT molecular complexity index is 764. The van der Waals surface area contributed by atoms with Crippen molar-refractivity contribution in [3.05, 3.63) is 64.2 Å². The highest BCUT2D eigenvalue weighted by atomic mass is 32.1. The standard InChI is InChI=1S/C16H15N3O2S/c1-11-14(9-20-19-15(17)13-7-8-22-10-13)18-16(21-11)12-5-3-2-4-6-12/h2-8,10H,9H2,1H3,(H2,17,19). The molecule has 112 valence electrons. The van der Waals surface area contributed by atoms with Crippen LogP contribution in [-0.2, 0) is 11.4 Å². The number of benzene rings is 1. The largest absolute Gasteiger partial charge is 0.441 e. The Balaban J connectivity index is 1.69. The first-order valence-electron chi connectivity index (χ1n) is 6.74. The van der Waals surface area contributed by atoms with Crippen LogP contribution in [0.2, 0.25) is 0 Å². The van der Waals surface area contributed by atoms with E-state index in [1.54, 1.807) is 11.3 Å². The fourth-order valence-electron chi connectivity index (χ4n) is 1.89. The summed E-state index contributed by atoms with van der Waals surface area (Å²) in [5.41, 5.74) is 8.32. The van der Waals surface area contributed by atoms with E-state index in [0.717, 1.165) is 11.1 Å². The van der Waals surface area contributed by atoms with Gasteiger partial charge in [-0.2, -0.15) is 11.3 Å². The van der Waals surface area contributed by atoms with Gasteiger partial charge in [-0.05, 0) is 30.5 Å². The molecule has 0 saturated heterocycles. The number of nitrogens with two attached hydrogens (primary N) is 1. The quantitative estimate of drug-likeness (QED) is 0.444. The number of thiophene rings is 1. The fourth-order valence-corrected chi connectivity index (χ4v) is 2.54. The first-order valence-corrected chi connectivity index (χ1v) is 7.68. The lowest BCUT2D eigenvalue weighted by molar-refractivity contribution is 0.127. The Labute approximate surface area is 132 Å². The number of rotatable bonds is 5. The van der Waals surface area contributed by atoms with Gasteiger partial charge in [0.25, 0.3) is 0 Å². The lowest BCUT2D eigenvalue weighted by Crippen LogP contribution is -2.12. The number of hydrogen-bond acceptors (Lipinski definition) is 5. The van der Waals surface area contributed by atoms with Crippen LogP contribution in [0.25, 0.3) is 11.5 Å². The first kappa shape index (κ1) is 14.3. The van der Waals surface area contributed by atoms with Gasteiger partial charge in [-0.15, -0.1) is 0 Å². The van der Waals surface area contributed by atoms with Gasteiger partial charge in [-0.1, -0.05) is 23.4 Å². The van der Waals surface area contributed by atoms with Crippen LogP contribution in [-0.4, -0.2) is 10.8 Å². The molecule has 0 spiro atoms. The predicted molar refractivity (Wildman–Crippen MR) is 86.5 cm³/mol. The normalized spacial score (nSPS) is 11.6. The SMILES string of the molecule is Cc1oc(-c2ccccc2)nc1CO/N=C(/N)c1ccsc1. The molecule has 2 aromatic heterocycles. The van der Waals surface area contributed by atoms with E-state index in [2.05, 4.69) is 10.1 Å². The molecule has 0 aliphatic carbocycles. The number of nitrogens with zero attached hydrogens (tertiary/aromatic N) is 2. The van der Waals surface area contributed by atoms with Gasteiger partial charge in [-0.3, -0.25) is 0 Å². The van der Waals surface area contributed by atoms with Crippen LogP contribution in [0, 0.1) is 6.92 Å². The number of oxime groups is 1. The van der Waals surface area contributed by atoms with Crippen molar-refractivity contribution >= 4 is 17.2 Å². The maximum Gasteiger partial charge on any atom is 0.226 e. The molecule has 0 aliphatic rings. The minimum atomic E-state index is 0.215. The molecule has 0 saturated carbocycles. The molecule has 0 atom stereocenters. The Morgan fingerprint density at radius 2 is 2.14 bits per heavy atom. The number of oxazole rings is 1. The molecule has 0 aliphatic heterocycles. The van der Waals surface area contributed by atoms with Crippen LogP contribution in [0.4, 0.5) is 0 Å². The minimum Gasteiger partial charge on any atom is -0.441 e. The third-order valence-electron chi connectivity index (χ3n) is 3.09. The van der Waals surface area contributed by atoms with Gasteiger partial charge in [-0.25, -0.2) is 4.98 Å². The molecule has 2 heterocycles. The minimum absolute atomic E-state index is 0.215. The van der Waals surface area contributed by atoms with Crippen molar-refractivity contribution in [1.29, 1.82) is 0 Å². The lowest BCUT2D eigenvalue weighted by Gasteiger charge is -1.98. The van der Waals surface area contributed by atoms with Gasteiger partial charge in [0.05, 0.1) is 0 Å². The van der Waals surface area contributed by atoms with Crippen LogP contribution in [0.1, 0.15) is 17.0 Å². The second-order valence-electron chi connectivity index (χ2n) is 4.65. The molecule has 1 aromatic carbocycles. The van der Waals surface area contributed by atoms with E-state index in [-0.39, 0.29) is 6.61 Å². The number of aryl methyl sites for hydroxylation is 1. The molecule has 3 aromatic rings. The summed E-state index contributed by atoms with van der Waals surface area (Å²) in [6.07, 6.45) is 0. The third kappa shape index (κ3) is 3.17. The van der Waals surface area contributed by atoms with E-state index in [1.165, 1.54) is 0 Å². The summed E-state index contributed by atoms with van der Waals surface area (Å²) >= 11 is 1.56. The molecule has 0 amide bonds. The van der Waals surface area contributed by atoms with Crippen molar-refractivity contribution in [2.24, 2.45) is 10.9 Å². The summed E-state index contributed by atoms with van der Waals surface area (Å²) in [5.74, 6) is 1.64. The van der Waals surface area contributed by atoms with Crippen molar-refractivity contribution < 1.29 is 9.25 Å². The van der Waals surface area contributed by atoms with Crippen molar-refractivity contribution in [3.8, 4) is 11.5 Å². The highest BCUT2D eigenvalue weighted by Crippen LogP contribution is 2.21. The van der Waals surface area contributed by atoms with Crippen LogP contribution in [0.5, 0.6) is 0 Å². The first-order chi connectivity index (χ1) is 10.7. The smallest absolute Gasteiger partial charge is 0.226 e. The van der Waals surface area contributed by atoms with E-state index >= 15 is 0 Å². The molecule has 0 fully saturated rings. The maximum absolute atomic E-state index is 5.83. The van der Waals surface area contributed by atoms with Gasteiger partial charge in [0, 0.05) is 16.5 Å². The van der Waals surface area contributed by atoms with Gasteiger partial charge in [0.1, 0.15) is 11.5 Å². The monoisotopic (exact) mass is 313 g/mol. The Morgan fingerprint density at radius 1 is 1.32 bits per heavy atom. The zero-order chi connectivity index (χ0) is 15.4. The Kier molecular flexibility index (Phi) is 4.20. The van der Waals surface area contributed by atoms with E-state index in [9.17, 15) is 0 Å². The summed E-state index contributed by atoms with van der Waals surface area (Å²) in [6, 6.07) is 11.6. The average molecular weight is 313 g/mol. The predicted octanol–water partition coefficient (Wildman–Crippen LogP) is 3.55. The van der Waals surface area contributed by atoms with E-state index in [0.29, 0.717) is 23.2 Å². The second kappa shape index (κ2) is 6.44. The molecule has 0 bridgehead atoms. The lowest BCUT2D eigenvalue weighted by atomic mass is 10.2. The molecule has 3 rings (SSSR count). The van der Waals surface area contributed by atoms with Crippen LogP contribution in [0.3, 0.4) is 0 Å². The van der Waals surface area contributed by atoms with Crippen LogP contribution < -0.4 is 5.73 Å². The average Bonchev–Trinajstić information content (AvgIpc) is 3.18. The van der Waals surface area contributed by atoms with Crippen molar-refractivity contribution in [3.63, 3.8) is 0 Å². The van der Waals surface area contributed by atoms with Crippen LogP contribution >= 0.6 is 11.3 Å². The van der Waals surface area contributed by atoms with E-state index < -0.39 is 0 Å². The number of amidine groups is 1. The Morgan fingerprint density at radius 3 is 2.86 bits per heavy atom. The van der Waals surface area contributed by atoms with Crippen LogP contribution in [0.15, 0.2) is 56.7 Å². The number of hydrogen-bond donors (Lipinski definition) is 1. The summed E-state index contributed by atoms with van der Waals surface area (Å²) in [4.78, 5) is 9.72. The summed E-state index contributed by atoms with van der Waals surface area (Å²) in [5, 5.41) is 7.75. The molecule has 2 N–H and O–H groups in total. The maximum atomic E-state index is 5.83. The molecule has 0 radical (unpaired) electrons. The van der Waals surface area contributed by atoms with Gasteiger partial charge < -0.3 is 15.0 Å². The number of aromatic nitrogens is 1. The zero-order valence-corrected chi connectivity index (χ0v) is 12.8. The highest BCUT2D eigenvalue weighted by molar-refractivity contribution is 7.08. The molecular weight excluding hydrogens is 298 g/mol. The highest BCUT2D eigenvalue weighted by Gasteiger charge is 2.11. The van der Waals surface area contributed by atoms with E-state index in [4.69, 9.17) is 15.0 Å². The molecule has 5 nitrogen and oxygen atoms in total. The fraction of sp³-hybridized carbons (Fsp3) is 0.125. The topological polar surface area (TPSA) is 73.6 Å². The van der Waals surface area contributed by atoms with Gasteiger partial charge in [0.2, 0.25) is 5.89 Å². The van der Waals surface area contributed by atoms with Gasteiger partial charge >= 0.3 is 0 Å². The Hall–Kier alpha value is -2.60.